The van der Waals surface area contributed by atoms with Crippen LogP contribution >= 0.6 is 12.4 Å². The van der Waals surface area contributed by atoms with Crippen LogP contribution in [0.4, 0.5) is 0 Å². The molecule has 0 bridgehead atoms. The molecule has 0 aromatic carbocycles. The Balaban J connectivity index is 0.00000256. The maximum absolute atomic E-state index is 12.0. The molecule has 1 rings (SSSR count). The second-order valence-electron chi connectivity index (χ2n) is 5.77. The quantitative estimate of drug-likeness (QED) is 0.782. The van der Waals surface area contributed by atoms with Gasteiger partial charge in [0.1, 0.15) is 0 Å². The number of piperazine rings is 1. The average Bonchev–Trinajstić information content (AvgIpc) is 2.14. The third-order valence-electron chi connectivity index (χ3n) is 2.83. The molecule has 2 N–H and O–H groups in total. The summed E-state index contributed by atoms with van der Waals surface area (Å²) in [6.45, 7) is 13.0. The van der Waals surface area contributed by atoms with E-state index < -0.39 is 0 Å². The molecule has 0 aromatic rings. The lowest BCUT2D eigenvalue weighted by Crippen LogP contribution is -2.57. The summed E-state index contributed by atoms with van der Waals surface area (Å²) in [5.74, 6) is 0.126. The first-order valence-corrected chi connectivity index (χ1v) is 6.09. The van der Waals surface area contributed by atoms with E-state index in [1.165, 1.54) is 0 Å². The van der Waals surface area contributed by atoms with E-state index in [-0.39, 0.29) is 29.9 Å². The molecule has 4 nitrogen and oxygen atoms in total. The smallest absolute Gasteiger partial charge is 0.237 e. The molecule has 1 amide bonds. The molecular formula is C12H26ClN3O. The summed E-state index contributed by atoms with van der Waals surface area (Å²) in [5, 5.41) is 6.41. The lowest BCUT2D eigenvalue weighted by atomic mass is 10.1. The zero-order chi connectivity index (χ0) is 12.3. The van der Waals surface area contributed by atoms with Gasteiger partial charge in [-0.25, -0.2) is 0 Å². The normalized spacial score (nSPS) is 23.7. The van der Waals surface area contributed by atoms with Crippen molar-refractivity contribution in [3.63, 3.8) is 0 Å². The summed E-state index contributed by atoms with van der Waals surface area (Å²) in [5.41, 5.74) is -0.148. The van der Waals surface area contributed by atoms with Gasteiger partial charge in [-0.3, -0.25) is 9.69 Å². The van der Waals surface area contributed by atoms with Crippen molar-refractivity contribution in [3.05, 3.63) is 0 Å². The first kappa shape index (κ1) is 16.7. The van der Waals surface area contributed by atoms with Crippen molar-refractivity contribution in [1.82, 2.24) is 15.5 Å². The first-order chi connectivity index (χ1) is 7.29. The van der Waals surface area contributed by atoms with Crippen LogP contribution in [0.3, 0.4) is 0 Å². The van der Waals surface area contributed by atoms with Crippen LogP contribution in [0.2, 0.25) is 0 Å². The topological polar surface area (TPSA) is 44.4 Å². The standard InChI is InChI=1S/C12H25N3O.ClH/c1-9-8-15(7-6-13-9)10(2)11(16)14-12(3,4)5;/h9-10,13H,6-8H2,1-5H3,(H,14,16);1H. The molecule has 2 unspecified atom stereocenters. The van der Waals surface area contributed by atoms with Gasteiger partial charge in [0.2, 0.25) is 5.91 Å². The van der Waals surface area contributed by atoms with Crippen molar-refractivity contribution in [2.45, 2.75) is 52.2 Å². The van der Waals surface area contributed by atoms with Crippen LogP contribution in [-0.2, 0) is 4.79 Å². The molecule has 1 aliphatic rings. The Morgan fingerprint density at radius 1 is 1.47 bits per heavy atom. The Kier molecular flexibility index (Phi) is 6.45. The second kappa shape index (κ2) is 6.57. The van der Waals surface area contributed by atoms with Gasteiger partial charge in [0.25, 0.3) is 0 Å². The fourth-order valence-corrected chi connectivity index (χ4v) is 1.95. The van der Waals surface area contributed by atoms with Crippen LogP contribution in [0.25, 0.3) is 0 Å². The molecule has 0 aliphatic carbocycles. The third-order valence-corrected chi connectivity index (χ3v) is 2.83. The molecule has 0 radical (unpaired) electrons. The van der Waals surface area contributed by atoms with Crippen molar-refractivity contribution in [3.8, 4) is 0 Å². The molecular weight excluding hydrogens is 238 g/mol. The summed E-state index contributed by atoms with van der Waals surface area (Å²) < 4.78 is 0. The number of nitrogens with one attached hydrogen (secondary N) is 2. The molecule has 0 saturated carbocycles. The summed E-state index contributed by atoms with van der Waals surface area (Å²) in [4.78, 5) is 14.2. The minimum Gasteiger partial charge on any atom is -0.350 e. The zero-order valence-corrected chi connectivity index (χ0v) is 12.4. The minimum atomic E-state index is -0.148. The monoisotopic (exact) mass is 263 g/mol. The number of rotatable bonds is 2. The maximum atomic E-state index is 12.0. The molecule has 0 spiro atoms. The van der Waals surface area contributed by atoms with Crippen molar-refractivity contribution in [1.29, 1.82) is 0 Å². The van der Waals surface area contributed by atoms with Crippen LogP contribution in [0.1, 0.15) is 34.6 Å². The van der Waals surface area contributed by atoms with Gasteiger partial charge < -0.3 is 10.6 Å². The molecule has 0 aromatic heterocycles. The van der Waals surface area contributed by atoms with E-state index in [0.717, 1.165) is 19.6 Å². The van der Waals surface area contributed by atoms with Gasteiger partial charge in [-0.1, -0.05) is 0 Å². The Morgan fingerprint density at radius 2 is 2.06 bits per heavy atom. The van der Waals surface area contributed by atoms with Crippen molar-refractivity contribution in [2.24, 2.45) is 0 Å². The highest BCUT2D eigenvalue weighted by molar-refractivity contribution is 5.85. The molecule has 1 heterocycles. The summed E-state index contributed by atoms with van der Waals surface area (Å²) >= 11 is 0. The molecule has 17 heavy (non-hydrogen) atoms. The lowest BCUT2D eigenvalue weighted by molar-refractivity contribution is -0.127. The van der Waals surface area contributed by atoms with E-state index in [4.69, 9.17) is 0 Å². The number of carbonyl (C=O) groups excluding carboxylic acids is 1. The molecule has 102 valence electrons. The van der Waals surface area contributed by atoms with Crippen molar-refractivity contribution >= 4 is 18.3 Å². The van der Waals surface area contributed by atoms with Gasteiger partial charge in [-0.05, 0) is 34.6 Å². The lowest BCUT2D eigenvalue weighted by Gasteiger charge is -2.36. The highest BCUT2D eigenvalue weighted by atomic mass is 35.5. The van der Waals surface area contributed by atoms with E-state index in [2.05, 4.69) is 22.5 Å². The minimum absolute atomic E-state index is 0. The Bertz CT molecular complexity index is 253. The highest BCUT2D eigenvalue weighted by Gasteiger charge is 2.27. The van der Waals surface area contributed by atoms with Crippen LogP contribution in [0, 0.1) is 0 Å². The number of hydrogen-bond donors (Lipinski definition) is 2. The fraction of sp³-hybridized carbons (Fsp3) is 0.917. The van der Waals surface area contributed by atoms with Gasteiger partial charge in [-0.2, -0.15) is 0 Å². The third kappa shape index (κ3) is 5.70. The van der Waals surface area contributed by atoms with Gasteiger partial charge >= 0.3 is 0 Å². The summed E-state index contributed by atoms with van der Waals surface area (Å²) in [6.07, 6.45) is 0. The fourth-order valence-electron chi connectivity index (χ4n) is 1.95. The van der Waals surface area contributed by atoms with E-state index in [1.54, 1.807) is 0 Å². The SMILES string of the molecule is CC1CN(C(C)C(=O)NC(C)(C)C)CCN1.Cl. The van der Waals surface area contributed by atoms with Crippen molar-refractivity contribution < 1.29 is 4.79 Å². The Hall–Kier alpha value is -0.320. The maximum Gasteiger partial charge on any atom is 0.237 e. The van der Waals surface area contributed by atoms with E-state index in [0.29, 0.717) is 6.04 Å². The van der Waals surface area contributed by atoms with Gasteiger partial charge in [0.15, 0.2) is 0 Å². The molecule has 2 atom stereocenters. The molecule has 1 fully saturated rings. The van der Waals surface area contributed by atoms with Gasteiger partial charge in [0.05, 0.1) is 6.04 Å². The highest BCUT2D eigenvalue weighted by Crippen LogP contribution is 2.07. The molecule has 1 saturated heterocycles. The number of halogens is 1. The number of hydrogen-bond acceptors (Lipinski definition) is 3. The summed E-state index contributed by atoms with van der Waals surface area (Å²) in [7, 11) is 0. The number of amides is 1. The van der Waals surface area contributed by atoms with Gasteiger partial charge in [0, 0.05) is 31.2 Å². The Labute approximate surface area is 111 Å². The average molecular weight is 264 g/mol. The Morgan fingerprint density at radius 3 is 2.53 bits per heavy atom. The largest absolute Gasteiger partial charge is 0.350 e. The molecule has 5 heteroatoms. The number of carbonyl (C=O) groups is 1. The molecule has 1 aliphatic heterocycles. The van der Waals surface area contributed by atoms with Gasteiger partial charge in [-0.15, -0.1) is 12.4 Å². The predicted octanol–water partition coefficient (Wildman–Crippen LogP) is 1.01. The van der Waals surface area contributed by atoms with Crippen LogP contribution in [0.5, 0.6) is 0 Å². The van der Waals surface area contributed by atoms with E-state index >= 15 is 0 Å². The zero-order valence-electron chi connectivity index (χ0n) is 11.5. The van der Waals surface area contributed by atoms with Crippen molar-refractivity contribution in [2.75, 3.05) is 19.6 Å². The van der Waals surface area contributed by atoms with Crippen LogP contribution in [-0.4, -0.2) is 48.1 Å². The van der Waals surface area contributed by atoms with Crippen LogP contribution < -0.4 is 10.6 Å². The summed E-state index contributed by atoms with van der Waals surface area (Å²) in [6, 6.07) is 0.433. The number of nitrogens with zero attached hydrogens (tertiary/aromatic N) is 1. The van der Waals surface area contributed by atoms with E-state index in [1.807, 2.05) is 27.7 Å². The van der Waals surface area contributed by atoms with E-state index in [9.17, 15) is 4.79 Å². The predicted molar refractivity (Wildman–Crippen MR) is 73.6 cm³/mol. The second-order valence-corrected chi connectivity index (χ2v) is 5.77. The first-order valence-electron chi connectivity index (χ1n) is 6.09. The van der Waals surface area contributed by atoms with Crippen LogP contribution in [0.15, 0.2) is 0 Å².